The van der Waals surface area contributed by atoms with Crippen LogP contribution in [0.15, 0.2) is 24.3 Å². The fourth-order valence-corrected chi connectivity index (χ4v) is 2.70. The quantitative estimate of drug-likeness (QED) is 0.551. The third kappa shape index (κ3) is 4.45. The SMILES string of the molecule is NC(Cc1ccc(O)cc1)C(=O)NCC(=O)N1CCCC1C(=O)O. The third-order valence-electron chi connectivity index (χ3n) is 4.00. The number of likely N-dealkylation sites (tertiary alicyclic amines) is 1. The Labute approximate surface area is 139 Å². The smallest absolute Gasteiger partial charge is 0.326 e. The van der Waals surface area contributed by atoms with E-state index in [-0.39, 0.29) is 18.7 Å². The van der Waals surface area contributed by atoms with E-state index in [9.17, 15) is 19.5 Å². The molecule has 1 aliphatic heterocycles. The Hall–Kier alpha value is -2.61. The van der Waals surface area contributed by atoms with Gasteiger partial charge < -0.3 is 26.2 Å². The second-order valence-corrected chi connectivity index (χ2v) is 5.78. The van der Waals surface area contributed by atoms with Gasteiger partial charge in [-0.1, -0.05) is 12.1 Å². The summed E-state index contributed by atoms with van der Waals surface area (Å²) < 4.78 is 0. The van der Waals surface area contributed by atoms with Gasteiger partial charge in [0, 0.05) is 6.54 Å². The Morgan fingerprint density at radius 2 is 1.96 bits per heavy atom. The molecule has 0 saturated carbocycles. The van der Waals surface area contributed by atoms with Crippen molar-refractivity contribution in [2.24, 2.45) is 5.73 Å². The molecule has 1 aliphatic rings. The summed E-state index contributed by atoms with van der Waals surface area (Å²) in [4.78, 5) is 36.4. The zero-order valence-electron chi connectivity index (χ0n) is 13.1. The van der Waals surface area contributed by atoms with Crippen LogP contribution in [0.1, 0.15) is 18.4 Å². The lowest BCUT2D eigenvalue weighted by atomic mass is 10.1. The van der Waals surface area contributed by atoms with Crippen LogP contribution >= 0.6 is 0 Å². The summed E-state index contributed by atoms with van der Waals surface area (Å²) in [6.45, 7) is 0.108. The molecule has 8 nitrogen and oxygen atoms in total. The van der Waals surface area contributed by atoms with E-state index >= 15 is 0 Å². The van der Waals surface area contributed by atoms with Gasteiger partial charge in [-0.15, -0.1) is 0 Å². The van der Waals surface area contributed by atoms with Crippen molar-refractivity contribution in [1.82, 2.24) is 10.2 Å². The van der Waals surface area contributed by atoms with Gasteiger partial charge in [0.1, 0.15) is 11.8 Å². The van der Waals surface area contributed by atoms with Crippen LogP contribution in [0, 0.1) is 0 Å². The minimum atomic E-state index is -1.03. The summed E-state index contributed by atoms with van der Waals surface area (Å²) >= 11 is 0. The van der Waals surface area contributed by atoms with E-state index in [0.717, 1.165) is 5.56 Å². The molecular weight excluding hydrogens is 314 g/mol. The van der Waals surface area contributed by atoms with Crippen LogP contribution in [-0.4, -0.2) is 58.1 Å². The van der Waals surface area contributed by atoms with Gasteiger partial charge in [-0.25, -0.2) is 4.79 Å². The molecule has 0 aromatic heterocycles. The highest BCUT2D eigenvalue weighted by molar-refractivity contribution is 5.89. The summed E-state index contributed by atoms with van der Waals surface area (Å²) in [6, 6.07) is 4.67. The molecule has 2 unspecified atom stereocenters. The number of aliphatic carboxylic acids is 1. The first-order valence-electron chi connectivity index (χ1n) is 7.72. The standard InChI is InChI=1S/C16H21N3O5/c17-12(8-10-3-5-11(20)6-4-10)15(22)18-9-14(21)19-7-1-2-13(19)16(23)24/h3-6,12-13,20H,1-2,7-9,17H2,(H,18,22)(H,23,24). The molecule has 24 heavy (non-hydrogen) atoms. The Bertz CT molecular complexity index is 617. The molecule has 1 aromatic carbocycles. The second-order valence-electron chi connectivity index (χ2n) is 5.78. The number of nitrogens with one attached hydrogen (secondary N) is 1. The average Bonchev–Trinajstić information content (AvgIpc) is 3.04. The summed E-state index contributed by atoms with van der Waals surface area (Å²) in [7, 11) is 0. The van der Waals surface area contributed by atoms with Crippen molar-refractivity contribution in [3.05, 3.63) is 29.8 Å². The molecule has 1 saturated heterocycles. The molecule has 0 radical (unpaired) electrons. The van der Waals surface area contributed by atoms with Gasteiger partial charge in [0.25, 0.3) is 0 Å². The number of benzene rings is 1. The number of nitrogens with zero attached hydrogens (tertiary/aromatic N) is 1. The molecule has 1 fully saturated rings. The number of phenols is 1. The van der Waals surface area contributed by atoms with Crippen LogP contribution in [-0.2, 0) is 20.8 Å². The number of phenolic OH excluding ortho intramolecular Hbond substituents is 1. The first-order valence-corrected chi connectivity index (χ1v) is 7.72. The molecule has 2 atom stereocenters. The highest BCUT2D eigenvalue weighted by atomic mass is 16.4. The van der Waals surface area contributed by atoms with Gasteiger partial charge in [0.2, 0.25) is 11.8 Å². The van der Waals surface area contributed by atoms with Crippen molar-refractivity contribution in [2.75, 3.05) is 13.1 Å². The molecule has 130 valence electrons. The third-order valence-corrected chi connectivity index (χ3v) is 4.00. The topological polar surface area (TPSA) is 133 Å². The number of carbonyl (C=O) groups is 3. The summed E-state index contributed by atoms with van der Waals surface area (Å²) in [6.07, 6.45) is 1.33. The lowest BCUT2D eigenvalue weighted by molar-refractivity contribution is -0.148. The van der Waals surface area contributed by atoms with Crippen molar-refractivity contribution >= 4 is 17.8 Å². The number of aromatic hydroxyl groups is 1. The van der Waals surface area contributed by atoms with Gasteiger partial charge in [-0.3, -0.25) is 9.59 Å². The van der Waals surface area contributed by atoms with E-state index in [1.807, 2.05) is 0 Å². The molecule has 2 amide bonds. The monoisotopic (exact) mass is 335 g/mol. The normalized spacial score (nSPS) is 18.2. The minimum Gasteiger partial charge on any atom is -0.508 e. The fraction of sp³-hybridized carbons (Fsp3) is 0.438. The largest absolute Gasteiger partial charge is 0.508 e. The highest BCUT2D eigenvalue weighted by Crippen LogP contribution is 2.17. The fourth-order valence-electron chi connectivity index (χ4n) is 2.70. The van der Waals surface area contributed by atoms with Crippen LogP contribution < -0.4 is 11.1 Å². The zero-order chi connectivity index (χ0) is 17.7. The van der Waals surface area contributed by atoms with Gasteiger partial charge in [0.05, 0.1) is 12.6 Å². The first kappa shape index (κ1) is 17.7. The molecule has 0 aliphatic carbocycles. The van der Waals surface area contributed by atoms with Crippen molar-refractivity contribution in [3.8, 4) is 5.75 Å². The number of nitrogens with two attached hydrogens (primary N) is 1. The number of hydrogen-bond donors (Lipinski definition) is 4. The van der Waals surface area contributed by atoms with Crippen LogP contribution in [0.25, 0.3) is 0 Å². The summed E-state index contributed by atoms with van der Waals surface area (Å²) in [5.41, 5.74) is 6.59. The lowest BCUT2D eigenvalue weighted by Gasteiger charge is -2.22. The average molecular weight is 335 g/mol. The first-order chi connectivity index (χ1) is 11.4. The molecular formula is C16H21N3O5. The Kier molecular flexibility index (Phi) is 5.75. The summed E-state index contributed by atoms with van der Waals surface area (Å²) in [5.74, 6) is -1.82. The molecule has 0 spiro atoms. The van der Waals surface area contributed by atoms with E-state index in [1.165, 1.54) is 17.0 Å². The van der Waals surface area contributed by atoms with Gasteiger partial charge >= 0.3 is 5.97 Å². The number of carbonyl (C=O) groups excluding carboxylic acids is 2. The highest BCUT2D eigenvalue weighted by Gasteiger charge is 2.33. The Balaban J connectivity index is 1.82. The van der Waals surface area contributed by atoms with Crippen molar-refractivity contribution in [3.63, 3.8) is 0 Å². The van der Waals surface area contributed by atoms with Crippen LogP contribution in [0.4, 0.5) is 0 Å². The molecule has 1 aromatic rings. The predicted molar refractivity (Wildman–Crippen MR) is 85.2 cm³/mol. The van der Waals surface area contributed by atoms with Gasteiger partial charge in [-0.05, 0) is 37.0 Å². The predicted octanol–water partition coefficient (Wildman–Crippen LogP) is -0.546. The Morgan fingerprint density at radius 1 is 1.29 bits per heavy atom. The number of hydrogen-bond acceptors (Lipinski definition) is 5. The molecule has 1 heterocycles. The van der Waals surface area contributed by atoms with E-state index < -0.39 is 29.9 Å². The maximum atomic E-state index is 12.1. The van der Waals surface area contributed by atoms with E-state index in [0.29, 0.717) is 19.4 Å². The minimum absolute atomic E-state index is 0.126. The maximum absolute atomic E-state index is 12.1. The van der Waals surface area contributed by atoms with Crippen molar-refractivity contribution in [1.29, 1.82) is 0 Å². The molecule has 5 N–H and O–H groups in total. The number of rotatable bonds is 6. The van der Waals surface area contributed by atoms with Crippen LogP contribution in [0.2, 0.25) is 0 Å². The van der Waals surface area contributed by atoms with E-state index in [4.69, 9.17) is 10.8 Å². The molecule has 8 heteroatoms. The number of carboxylic acid groups (broad SMARTS) is 1. The summed E-state index contributed by atoms with van der Waals surface area (Å²) in [5, 5.41) is 20.7. The van der Waals surface area contributed by atoms with Crippen molar-refractivity contribution < 1.29 is 24.6 Å². The number of amides is 2. The maximum Gasteiger partial charge on any atom is 0.326 e. The number of carboxylic acids is 1. The molecule has 0 bridgehead atoms. The van der Waals surface area contributed by atoms with E-state index in [1.54, 1.807) is 12.1 Å². The lowest BCUT2D eigenvalue weighted by Crippen LogP contribution is -2.49. The Morgan fingerprint density at radius 3 is 2.58 bits per heavy atom. The van der Waals surface area contributed by atoms with Crippen LogP contribution in [0.5, 0.6) is 5.75 Å². The molecule has 2 rings (SSSR count). The van der Waals surface area contributed by atoms with Gasteiger partial charge in [-0.2, -0.15) is 0 Å². The van der Waals surface area contributed by atoms with E-state index in [2.05, 4.69) is 5.32 Å². The zero-order valence-corrected chi connectivity index (χ0v) is 13.1. The van der Waals surface area contributed by atoms with Gasteiger partial charge in [0.15, 0.2) is 0 Å². The second kappa shape index (κ2) is 7.78. The van der Waals surface area contributed by atoms with Crippen LogP contribution in [0.3, 0.4) is 0 Å². The van der Waals surface area contributed by atoms with Crippen molar-refractivity contribution in [2.45, 2.75) is 31.3 Å².